The van der Waals surface area contributed by atoms with Gasteiger partial charge in [-0.15, -0.1) is 0 Å². The molecule has 4 aromatic rings. The number of hydrogen-bond acceptors (Lipinski definition) is 8. The Balaban J connectivity index is 1.75. The topological polar surface area (TPSA) is 136 Å². The molecule has 0 spiro atoms. The third-order valence-electron chi connectivity index (χ3n) is 5.02. The summed E-state index contributed by atoms with van der Waals surface area (Å²) in [5.74, 6) is -1.06. The maximum atomic E-state index is 13.3. The molecule has 0 radical (unpaired) electrons. The monoisotopic (exact) mass is 459 g/mol. The highest BCUT2D eigenvalue weighted by molar-refractivity contribution is 6.07. The fourth-order valence-corrected chi connectivity index (χ4v) is 3.34. The summed E-state index contributed by atoms with van der Waals surface area (Å²) in [5, 5.41) is 24.2. The Kier molecular flexibility index (Phi) is 6.13. The van der Waals surface area contributed by atoms with Gasteiger partial charge in [-0.25, -0.2) is 9.78 Å². The largest absolute Gasteiger partial charge is 0.618 e. The number of hydrogen-bond donors (Lipinski definition) is 0. The van der Waals surface area contributed by atoms with Crippen LogP contribution in [0.4, 0.5) is 5.69 Å². The van der Waals surface area contributed by atoms with E-state index in [2.05, 4.69) is 4.98 Å². The fraction of sp³-hybridized carbons (Fsp3) is 0.0833. The second-order valence-corrected chi connectivity index (χ2v) is 7.13. The minimum Gasteiger partial charge on any atom is -0.618 e. The fourth-order valence-electron chi connectivity index (χ4n) is 3.34. The van der Waals surface area contributed by atoms with Crippen molar-refractivity contribution in [2.24, 2.45) is 0 Å². The number of nitro groups is 1. The van der Waals surface area contributed by atoms with Gasteiger partial charge < -0.3 is 14.7 Å². The maximum Gasteiger partial charge on any atom is 0.338 e. The SMILES string of the molecule is COc1ccc2nc(COC(=O)c3cccc([N+](=O)[O-])c3)c(C(=O)c3ccccc3)[n+]([O-])c2c1. The standard InChI is InChI=1S/C24H17N3O7/c1-33-18-10-11-19-21(13-18)26(30)22(23(28)15-6-3-2-4-7-15)20(25-19)14-34-24(29)16-8-5-9-17(12-16)27(31)32/h2-13H,14H2,1H3. The van der Waals surface area contributed by atoms with Crippen molar-refractivity contribution in [2.75, 3.05) is 7.11 Å². The van der Waals surface area contributed by atoms with Gasteiger partial charge in [0.05, 0.1) is 23.7 Å². The molecule has 0 aliphatic carbocycles. The lowest BCUT2D eigenvalue weighted by molar-refractivity contribution is -0.580. The summed E-state index contributed by atoms with van der Waals surface area (Å²) in [6.07, 6.45) is 0. The van der Waals surface area contributed by atoms with E-state index in [0.29, 0.717) is 10.5 Å². The van der Waals surface area contributed by atoms with Crippen molar-refractivity contribution >= 4 is 28.5 Å². The van der Waals surface area contributed by atoms with Gasteiger partial charge in [0, 0.05) is 17.7 Å². The third kappa shape index (κ3) is 4.37. The van der Waals surface area contributed by atoms with E-state index in [9.17, 15) is 24.9 Å². The van der Waals surface area contributed by atoms with E-state index in [1.165, 1.54) is 31.4 Å². The predicted octanol–water partition coefficient (Wildman–Crippen LogP) is 3.37. The van der Waals surface area contributed by atoms with Crippen molar-refractivity contribution in [3.63, 3.8) is 0 Å². The van der Waals surface area contributed by atoms with Crippen molar-refractivity contribution in [3.8, 4) is 5.75 Å². The minimum absolute atomic E-state index is 0.0503. The molecule has 170 valence electrons. The number of ether oxygens (including phenoxy) is 2. The molecule has 0 aliphatic heterocycles. The average molecular weight is 459 g/mol. The number of methoxy groups -OCH3 is 1. The van der Waals surface area contributed by atoms with Crippen molar-refractivity contribution < 1.29 is 28.7 Å². The second-order valence-electron chi connectivity index (χ2n) is 7.13. The van der Waals surface area contributed by atoms with Crippen LogP contribution in [-0.2, 0) is 11.3 Å². The molecule has 0 aliphatic rings. The van der Waals surface area contributed by atoms with Gasteiger partial charge in [-0.05, 0) is 18.2 Å². The highest BCUT2D eigenvalue weighted by atomic mass is 16.6. The summed E-state index contributed by atoms with van der Waals surface area (Å²) >= 11 is 0. The van der Waals surface area contributed by atoms with Gasteiger partial charge >= 0.3 is 5.97 Å². The quantitative estimate of drug-likeness (QED) is 0.102. The average Bonchev–Trinajstić information content (AvgIpc) is 2.87. The Morgan fingerprint density at radius 1 is 1.00 bits per heavy atom. The summed E-state index contributed by atoms with van der Waals surface area (Å²) in [6.45, 7) is -0.500. The van der Waals surface area contributed by atoms with Gasteiger partial charge in [0.2, 0.25) is 5.52 Å². The van der Waals surface area contributed by atoms with Crippen molar-refractivity contribution in [1.29, 1.82) is 0 Å². The molecular weight excluding hydrogens is 442 g/mol. The summed E-state index contributed by atoms with van der Waals surface area (Å²) in [6, 6.07) is 17.8. The van der Waals surface area contributed by atoms with E-state index in [1.54, 1.807) is 42.5 Å². The van der Waals surface area contributed by atoms with Crippen LogP contribution in [0.25, 0.3) is 11.0 Å². The van der Waals surface area contributed by atoms with E-state index in [-0.39, 0.29) is 39.2 Å². The van der Waals surface area contributed by atoms with E-state index in [0.717, 1.165) is 6.07 Å². The predicted molar refractivity (Wildman–Crippen MR) is 119 cm³/mol. The van der Waals surface area contributed by atoms with Crippen LogP contribution in [-0.4, -0.2) is 28.8 Å². The molecular formula is C24H17N3O7. The number of rotatable bonds is 7. The zero-order valence-electron chi connectivity index (χ0n) is 17.8. The summed E-state index contributed by atoms with van der Waals surface area (Å²) in [7, 11) is 1.45. The molecule has 0 bridgehead atoms. The number of esters is 1. The molecule has 0 fully saturated rings. The van der Waals surface area contributed by atoms with Crippen LogP contribution < -0.4 is 9.47 Å². The van der Waals surface area contributed by atoms with Crippen molar-refractivity contribution in [3.05, 3.63) is 111 Å². The number of nitrogens with zero attached hydrogens (tertiary/aromatic N) is 3. The number of benzene rings is 3. The second kappa shape index (κ2) is 9.33. The lowest BCUT2D eigenvalue weighted by Crippen LogP contribution is -2.38. The van der Waals surface area contributed by atoms with Crippen LogP contribution in [0.3, 0.4) is 0 Å². The molecule has 34 heavy (non-hydrogen) atoms. The molecule has 10 heteroatoms. The highest BCUT2D eigenvalue weighted by Gasteiger charge is 2.28. The number of aromatic nitrogens is 2. The van der Waals surface area contributed by atoms with Gasteiger partial charge in [0.15, 0.2) is 5.69 Å². The van der Waals surface area contributed by atoms with Crippen LogP contribution in [0.2, 0.25) is 0 Å². The van der Waals surface area contributed by atoms with Gasteiger partial charge in [-0.3, -0.25) is 14.9 Å². The van der Waals surface area contributed by atoms with Crippen LogP contribution in [0, 0.1) is 15.3 Å². The minimum atomic E-state index is -0.865. The van der Waals surface area contributed by atoms with Crippen LogP contribution in [0.15, 0.2) is 72.8 Å². The Labute approximate surface area is 192 Å². The Morgan fingerprint density at radius 3 is 2.44 bits per heavy atom. The molecule has 10 nitrogen and oxygen atoms in total. The molecule has 0 amide bonds. The van der Waals surface area contributed by atoms with Crippen molar-refractivity contribution in [2.45, 2.75) is 6.61 Å². The summed E-state index contributed by atoms with van der Waals surface area (Å²) < 4.78 is 10.9. The zero-order valence-corrected chi connectivity index (χ0v) is 17.8. The molecule has 0 atom stereocenters. The van der Waals surface area contributed by atoms with Crippen molar-refractivity contribution in [1.82, 2.24) is 4.98 Å². The lowest BCUT2D eigenvalue weighted by Gasteiger charge is -2.12. The van der Waals surface area contributed by atoms with Gasteiger partial charge in [-0.2, -0.15) is 4.73 Å². The number of carbonyl (C=O) groups is 2. The third-order valence-corrected chi connectivity index (χ3v) is 5.02. The first-order valence-corrected chi connectivity index (χ1v) is 10.0. The van der Waals surface area contributed by atoms with E-state index < -0.39 is 23.3 Å². The van der Waals surface area contributed by atoms with Crippen LogP contribution in [0.5, 0.6) is 5.75 Å². The summed E-state index contributed by atoms with van der Waals surface area (Å²) in [4.78, 5) is 40.5. The molecule has 4 rings (SSSR count). The number of nitro benzene ring substituents is 1. The van der Waals surface area contributed by atoms with Crippen LogP contribution >= 0.6 is 0 Å². The highest BCUT2D eigenvalue weighted by Crippen LogP contribution is 2.21. The zero-order chi connectivity index (χ0) is 24.2. The lowest BCUT2D eigenvalue weighted by atomic mass is 10.1. The Bertz CT molecular complexity index is 1420. The molecule has 1 aromatic heterocycles. The van der Waals surface area contributed by atoms with Gasteiger partial charge in [-0.1, -0.05) is 36.4 Å². The molecule has 3 aromatic carbocycles. The molecule has 0 N–H and O–H groups in total. The first-order valence-electron chi connectivity index (χ1n) is 10.0. The number of carbonyl (C=O) groups excluding carboxylic acids is 2. The first-order chi connectivity index (χ1) is 16.4. The molecule has 0 unspecified atom stereocenters. The Morgan fingerprint density at radius 2 is 1.74 bits per heavy atom. The van der Waals surface area contributed by atoms with Gasteiger partial charge in [0.1, 0.15) is 17.9 Å². The summed E-state index contributed by atoms with van der Waals surface area (Å²) in [5.41, 5.74) is -0.0639. The van der Waals surface area contributed by atoms with Crippen LogP contribution in [0.1, 0.15) is 32.1 Å². The number of non-ortho nitro benzene ring substituents is 1. The Hall–Kier alpha value is -4.86. The molecule has 1 heterocycles. The number of ketones is 1. The normalized spacial score (nSPS) is 10.6. The maximum absolute atomic E-state index is 13.3. The van der Waals surface area contributed by atoms with E-state index in [4.69, 9.17) is 9.47 Å². The molecule has 0 saturated heterocycles. The smallest absolute Gasteiger partial charge is 0.338 e. The first kappa shape index (κ1) is 22.3. The van der Waals surface area contributed by atoms with Gasteiger partial charge in [0.25, 0.3) is 17.2 Å². The van der Waals surface area contributed by atoms with E-state index >= 15 is 0 Å². The molecule has 0 saturated carbocycles. The van der Waals surface area contributed by atoms with E-state index in [1.807, 2.05) is 0 Å². The number of fused-ring (bicyclic) bond motifs is 1.